The second-order valence-electron chi connectivity index (χ2n) is 4.34. The maximum atomic E-state index is 3.40. The van der Waals surface area contributed by atoms with Crippen molar-refractivity contribution in [2.45, 2.75) is 52.0 Å². The quantitative estimate of drug-likeness (QED) is 0.682. The zero-order chi connectivity index (χ0) is 8.97. The Labute approximate surface area is 76.9 Å². The average Bonchev–Trinajstić information content (AvgIpc) is 2.43. The van der Waals surface area contributed by atoms with Crippen molar-refractivity contribution in [2.24, 2.45) is 11.8 Å². The van der Waals surface area contributed by atoms with E-state index >= 15 is 0 Å². The Morgan fingerprint density at radius 1 is 1.33 bits per heavy atom. The lowest BCUT2D eigenvalue weighted by Gasteiger charge is -2.13. The van der Waals surface area contributed by atoms with Gasteiger partial charge in [-0.25, -0.2) is 0 Å². The number of hydrogen-bond acceptors (Lipinski definition) is 1. The van der Waals surface area contributed by atoms with Crippen LogP contribution in [0.25, 0.3) is 0 Å². The van der Waals surface area contributed by atoms with Crippen LogP contribution in [0, 0.1) is 11.8 Å². The van der Waals surface area contributed by atoms with Gasteiger partial charge in [-0.1, -0.05) is 33.1 Å². The van der Waals surface area contributed by atoms with Crippen LogP contribution in [-0.4, -0.2) is 13.1 Å². The summed E-state index contributed by atoms with van der Waals surface area (Å²) in [7, 11) is 2.10. The molecule has 1 aliphatic rings. The first-order chi connectivity index (χ1) is 5.77. The largest absolute Gasteiger partial charge is 0.317 e. The van der Waals surface area contributed by atoms with Gasteiger partial charge in [-0.05, 0) is 31.7 Å². The summed E-state index contributed by atoms with van der Waals surface area (Å²) >= 11 is 0. The number of hydrogen-bond donors (Lipinski definition) is 1. The molecule has 0 aromatic carbocycles. The minimum Gasteiger partial charge on any atom is -0.317 e. The molecule has 0 amide bonds. The molecule has 0 heterocycles. The fourth-order valence-corrected chi connectivity index (χ4v) is 2.44. The highest BCUT2D eigenvalue weighted by atomic mass is 14.9. The second kappa shape index (κ2) is 4.86. The maximum Gasteiger partial charge on any atom is 0.00694 e. The van der Waals surface area contributed by atoms with Crippen LogP contribution >= 0.6 is 0 Å². The Hall–Kier alpha value is -0.0400. The highest BCUT2D eigenvalue weighted by Crippen LogP contribution is 2.34. The van der Waals surface area contributed by atoms with E-state index in [1.165, 1.54) is 32.1 Å². The Kier molecular flexibility index (Phi) is 4.07. The molecule has 0 aromatic rings. The lowest BCUT2D eigenvalue weighted by molar-refractivity contribution is 0.379. The van der Waals surface area contributed by atoms with Gasteiger partial charge >= 0.3 is 0 Å². The lowest BCUT2D eigenvalue weighted by Crippen LogP contribution is -2.21. The molecule has 72 valence electrons. The zero-order valence-electron chi connectivity index (χ0n) is 8.77. The van der Waals surface area contributed by atoms with Crippen molar-refractivity contribution in [1.29, 1.82) is 0 Å². The summed E-state index contributed by atoms with van der Waals surface area (Å²) in [6, 6.07) is 0.807. The van der Waals surface area contributed by atoms with E-state index in [9.17, 15) is 0 Å². The molecule has 0 aromatic heterocycles. The van der Waals surface area contributed by atoms with Crippen molar-refractivity contribution >= 4 is 0 Å². The summed E-state index contributed by atoms with van der Waals surface area (Å²) in [6.07, 6.45) is 7.04. The fourth-order valence-electron chi connectivity index (χ4n) is 2.44. The van der Waals surface area contributed by atoms with Crippen LogP contribution in [0.4, 0.5) is 0 Å². The predicted octanol–water partition coefficient (Wildman–Crippen LogP) is 2.81. The molecule has 1 N–H and O–H groups in total. The first kappa shape index (κ1) is 10.0. The van der Waals surface area contributed by atoms with Crippen molar-refractivity contribution in [2.75, 3.05) is 7.05 Å². The highest BCUT2D eigenvalue weighted by molar-refractivity contribution is 4.84. The molecule has 1 heteroatoms. The first-order valence-electron chi connectivity index (χ1n) is 5.45. The van der Waals surface area contributed by atoms with Crippen LogP contribution in [0.3, 0.4) is 0 Å². The number of unbranched alkanes of at least 4 members (excludes halogenated alkanes) is 1. The maximum absolute atomic E-state index is 3.40. The third-order valence-corrected chi connectivity index (χ3v) is 3.39. The molecule has 12 heavy (non-hydrogen) atoms. The van der Waals surface area contributed by atoms with E-state index in [1.54, 1.807) is 0 Å². The standard InChI is InChI=1S/C11H23N/c1-4-5-6-10-8-11(12-3)7-9(10)2/h9-12H,4-8H2,1-3H3. The van der Waals surface area contributed by atoms with Gasteiger partial charge in [0, 0.05) is 6.04 Å². The summed E-state index contributed by atoms with van der Waals surface area (Å²) < 4.78 is 0. The number of nitrogens with one attached hydrogen (secondary N) is 1. The molecule has 3 unspecified atom stereocenters. The third-order valence-electron chi connectivity index (χ3n) is 3.39. The molecular formula is C11H23N. The highest BCUT2D eigenvalue weighted by Gasteiger charge is 2.29. The van der Waals surface area contributed by atoms with E-state index in [0.29, 0.717) is 0 Å². The minimum absolute atomic E-state index is 0.807. The van der Waals surface area contributed by atoms with Gasteiger partial charge in [0.15, 0.2) is 0 Å². The summed E-state index contributed by atoms with van der Waals surface area (Å²) in [5.41, 5.74) is 0. The fraction of sp³-hybridized carbons (Fsp3) is 1.00. The van der Waals surface area contributed by atoms with Crippen LogP contribution in [0.2, 0.25) is 0 Å². The lowest BCUT2D eigenvalue weighted by atomic mass is 9.93. The van der Waals surface area contributed by atoms with Crippen LogP contribution in [0.15, 0.2) is 0 Å². The Balaban J connectivity index is 2.25. The molecule has 0 spiro atoms. The smallest absolute Gasteiger partial charge is 0.00694 e. The molecule has 1 fully saturated rings. The van der Waals surface area contributed by atoms with E-state index in [-0.39, 0.29) is 0 Å². The summed E-state index contributed by atoms with van der Waals surface area (Å²) in [4.78, 5) is 0. The van der Waals surface area contributed by atoms with Crippen molar-refractivity contribution in [3.63, 3.8) is 0 Å². The molecule has 3 atom stereocenters. The van der Waals surface area contributed by atoms with Gasteiger partial charge < -0.3 is 5.32 Å². The van der Waals surface area contributed by atoms with E-state index < -0.39 is 0 Å². The summed E-state index contributed by atoms with van der Waals surface area (Å²) in [5, 5.41) is 3.40. The van der Waals surface area contributed by atoms with Crippen molar-refractivity contribution in [3.8, 4) is 0 Å². The molecule has 1 nitrogen and oxygen atoms in total. The Morgan fingerprint density at radius 3 is 2.58 bits per heavy atom. The van der Waals surface area contributed by atoms with E-state index in [0.717, 1.165) is 17.9 Å². The summed E-state index contributed by atoms with van der Waals surface area (Å²) in [6.45, 7) is 4.70. The van der Waals surface area contributed by atoms with Gasteiger partial charge in [-0.15, -0.1) is 0 Å². The van der Waals surface area contributed by atoms with Gasteiger partial charge in [0.05, 0.1) is 0 Å². The first-order valence-corrected chi connectivity index (χ1v) is 5.45. The van der Waals surface area contributed by atoms with E-state index in [1.807, 2.05) is 0 Å². The molecular weight excluding hydrogens is 146 g/mol. The van der Waals surface area contributed by atoms with Crippen molar-refractivity contribution in [3.05, 3.63) is 0 Å². The van der Waals surface area contributed by atoms with Gasteiger partial charge in [-0.2, -0.15) is 0 Å². The topological polar surface area (TPSA) is 12.0 Å². The molecule has 0 aliphatic heterocycles. The molecule has 1 saturated carbocycles. The predicted molar refractivity (Wildman–Crippen MR) is 54.3 cm³/mol. The van der Waals surface area contributed by atoms with Crippen LogP contribution < -0.4 is 5.32 Å². The van der Waals surface area contributed by atoms with Crippen LogP contribution in [0.1, 0.15) is 46.0 Å². The summed E-state index contributed by atoms with van der Waals surface area (Å²) in [5.74, 6) is 1.95. The monoisotopic (exact) mass is 169 g/mol. The Morgan fingerprint density at radius 2 is 2.08 bits per heavy atom. The van der Waals surface area contributed by atoms with Gasteiger partial charge in [0.1, 0.15) is 0 Å². The number of rotatable bonds is 4. The minimum atomic E-state index is 0.807. The van der Waals surface area contributed by atoms with Gasteiger partial charge in [0.25, 0.3) is 0 Å². The van der Waals surface area contributed by atoms with Crippen molar-refractivity contribution in [1.82, 2.24) is 5.32 Å². The average molecular weight is 169 g/mol. The molecule has 0 bridgehead atoms. The third kappa shape index (κ3) is 2.48. The SMILES string of the molecule is CCCCC1CC(NC)CC1C. The van der Waals surface area contributed by atoms with E-state index in [2.05, 4.69) is 26.2 Å². The molecule has 0 saturated heterocycles. The van der Waals surface area contributed by atoms with Crippen molar-refractivity contribution < 1.29 is 0 Å². The molecule has 1 rings (SSSR count). The zero-order valence-corrected chi connectivity index (χ0v) is 8.77. The van der Waals surface area contributed by atoms with E-state index in [4.69, 9.17) is 0 Å². The van der Waals surface area contributed by atoms with Crippen LogP contribution in [0.5, 0.6) is 0 Å². The van der Waals surface area contributed by atoms with Gasteiger partial charge in [0.2, 0.25) is 0 Å². The molecule has 0 radical (unpaired) electrons. The second-order valence-corrected chi connectivity index (χ2v) is 4.34. The Bertz CT molecular complexity index is 122. The van der Waals surface area contributed by atoms with Crippen LogP contribution in [-0.2, 0) is 0 Å². The van der Waals surface area contributed by atoms with Gasteiger partial charge in [-0.3, -0.25) is 0 Å². The normalized spacial score (nSPS) is 35.8. The molecule has 1 aliphatic carbocycles.